The quantitative estimate of drug-likeness (QED) is 0.291. The van der Waals surface area contributed by atoms with E-state index < -0.39 is 12.2 Å². The zero-order valence-electron chi connectivity index (χ0n) is 28.9. The summed E-state index contributed by atoms with van der Waals surface area (Å²) < 4.78 is 23.8. The van der Waals surface area contributed by atoms with Crippen molar-refractivity contribution in [3.8, 4) is 11.5 Å². The Morgan fingerprint density at radius 1 is 1.07 bits per heavy atom. The second-order valence-electron chi connectivity index (χ2n) is 10.4. The van der Waals surface area contributed by atoms with Gasteiger partial charge >= 0.3 is 0 Å². The summed E-state index contributed by atoms with van der Waals surface area (Å²) in [6.45, 7) is 22.2. The first kappa shape index (κ1) is 41.4. The number of aryl methyl sites for hydroxylation is 1. The zero-order valence-corrected chi connectivity index (χ0v) is 29.7. The molecule has 2 aliphatic rings. The predicted octanol–water partition coefficient (Wildman–Crippen LogP) is 8.00. The molecule has 3 atom stereocenters. The van der Waals surface area contributed by atoms with Crippen molar-refractivity contribution in [2.75, 3.05) is 32.8 Å². The van der Waals surface area contributed by atoms with E-state index in [1.165, 1.54) is 11.8 Å². The summed E-state index contributed by atoms with van der Waals surface area (Å²) in [4.78, 5) is 42.4. The van der Waals surface area contributed by atoms with Gasteiger partial charge in [0, 0.05) is 37.7 Å². The Morgan fingerprint density at radius 3 is 2.07 bits per heavy atom. The number of thiazole rings is 1. The first-order valence-electron chi connectivity index (χ1n) is 16.3. The van der Waals surface area contributed by atoms with E-state index >= 15 is 0 Å². The highest BCUT2D eigenvalue weighted by Gasteiger charge is 2.40. The van der Waals surface area contributed by atoms with Crippen LogP contribution in [0.4, 0.5) is 4.39 Å². The van der Waals surface area contributed by atoms with Gasteiger partial charge < -0.3 is 19.0 Å². The molecule has 0 radical (unpaired) electrons. The Hall–Kier alpha value is -2.59. The minimum Gasteiger partial charge on any atom is -0.463 e. The predicted molar refractivity (Wildman–Crippen MR) is 178 cm³/mol. The molecule has 252 valence electrons. The molecular formula is C34H58FN3O5S. The molecule has 4 heterocycles. The Bertz CT molecular complexity index is 1030. The number of rotatable bonds is 8. The van der Waals surface area contributed by atoms with Crippen molar-refractivity contribution >= 4 is 28.9 Å². The molecule has 0 spiro atoms. The van der Waals surface area contributed by atoms with Crippen LogP contribution in [0.1, 0.15) is 99.4 Å². The molecule has 2 amide bonds. The number of hydrogen-bond acceptors (Lipinski definition) is 7. The number of morpholine rings is 1. The highest BCUT2D eigenvalue weighted by atomic mass is 32.1. The lowest BCUT2D eigenvalue weighted by atomic mass is 9.85. The summed E-state index contributed by atoms with van der Waals surface area (Å²) >= 11 is 1.63. The second-order valence-corrected chi connectivity index (χ2v) is 11.5. The third-order valence-corrected chi connectivity index (χ3v) is 8.04. The van der Waals surface area contributed by atoms with Crippen molar-refractivity contribution in [1.82, 2.24) is 14.8 Å². The molecule has 10 heteroatoms. The lowest BCUT2D eigenvalue weighted by molar-refractivity contribution is -0.141. The van der Waals surface area contributed by atoms with Crippen LogP contribution in [0.3, 0.4) is 0 Å². The first-order chi connectivity index (χ1) is 21.1. The van der Waals surface area contributed by atoms with Crippen molar-refractivity contribution in [2.24, 2.45) is 11.8 Å². The largest absolute Gasteiger partial charge is 0.463 e. The van der Waals surface area contributed by atoms with Gasteiger partial charge in [-0.1, -0.05) is 61.3 Å². The standard InChI is InChI=1S/C16H28FNO2.C8H7NOS.C6H11NO2.2C2H6/c1-5-7-13(8-6-2)11(3)16(20)18-10-14(17)9-15(18)12(4)19;1-6-9-7(5-11-6)8-3-2-4-10-8;1-6(8)7-2-4-9-5-3-7;2*1-2/h11,13-15H,5-10H2,1-4H3;2-5H,1H3;2-5H2,1H3;2*1-2H3/t11-,14+,15+;;;;/m1..../s1. The Labute approximate surface area is 269 Å². The smallest absolute Gasteiger partial charge is 0.226 e. The number of alkyl halides is 1. The van der Waals surface area contributed by atoms with Crippen LogP contribution in [0.2, 0.25) is 0 Å². The average Bonchev–Trinajstić information content (AvgIpc) is 3.81. The Balaban J connectivity index is 0.000000646. The summed E-state index contributed by atoms with van der Waals surface area (Å²) in [6.07, 6.45) is 4.88. The SMILES string of the molecule is CC.CC.CC(=O)N1CCOCC1.CCCC(CCC)[C@@H](C)C(=O)N1C[C@@H](F)C[C@H]1C(C)=O.Cc1nc(-c2ccco2)cs1. The molecule has 0 N–H and O–H groups in total. The maximum absolute atomic E-state index is 13.6. The van der Waals surface area contributed by atoms with Crippen LogP contribution < -0.4 is 0 Å². The number of furan rings is 1. The summed E-state index contributed by atoms with van der Waals surface area (Å²) in [7, 11) is 0. The number of nitrogens with zero attached hydrogens (tertiary/aromatic N) is 3. The molecule has 44 heavy (non-hydrogen) atoms. The summed E-state index contributed by atoms with van der Waals surface area (Å²) in [5.74, 6) is 1.06. The van der Waals surface area contributed by atoms with E-state index in [1.807, 2.05) is 59.1 Å². The van der Waals surface area contributed by atoms with E-state index in [-0.39, 0.29) is 36.5 Å². The number of likely N-dealkylation sites (tertiary alicyclic amines) is 1. The van der Waals surface area contributed by atoms with Gasteiger partial charge in [0.25, 0.3) is 0 Å². The minimum absolute atomic E-state index is 0.0442. The number of amides is 2. The van der Waals surface area contributed by atoms with E-state index in [1.54, 1.807) is 29.4 Å². The number of carbonyl (C=O) groups excluding carboxylic acids is 3. The number of hydrogen-bond donors (Lipinski definition) is 0. The molecule has 2 aromatic rings. The van der Waals surface area contributed by atoms with Crippen molar-refractivity contribution in [1.29, 1.82) is 0 Å². The molecule has 2 aliphatic heterocycles. The van der Waals surface area contributed by atoms with Crippen LogP contribution in [0.15, 0.2) is 28.2 Å². The van der Waals surface area contributed by atoms with E-state index in [9.17, 15) is 18.8 Å². The van der Waals surface area contributed by atoms with Crippen molar-refractivity contribution < 1.29 is 27.9 Å². The van der Waals surface area contributed by atoms with Crippen LogP contribution >= 0.6 is 11.3 Å². The van der Waals surface area contributed by atoms with Gasteiger partial charge in [0.15, 0.2) is 11.5 Å². The average molecular weight is 640 g/mol. The van der Waals surface area contributed by atoms with E-state index in [0.717, 1.165) is 55.2 Å². The van der Waals surface area contributed by atoms with Crippen LogP contribution in [0.5, 0.6) is 0 Å². The van der Waals surface area contributed by atoms with Crippen molar-refractivity contribution in [3.05, 3.63) is 28.8 Å². The fourth-order valence-electron chi connectivity index (χ4n) is 5.04. The topological polar surface area (TPSA) is 93.0 Å². The molecule has 2 saturated heterocycles. The maximum atomic E-state index is 13.6. The molecule has 8 nitrogen and oxygen atoms in total. The van der Waals surface area contributed by atoms with Gasteiger partial charge in [-0.2, -0.15) is 0 Å². The van der Waals surface area contributed by atoms with E-state index in [0.29, 0.717) is 19.1 Å². The number of aromatic nitrogens is 1. The Kier molecular flexibility index (Phi) is 22.3. The van der Waals surface area contributed by atoms with Crippen LogP contribution in [-0.4, -0.2) is 77.4 Å². The van der Waals surface area contributed by atoms with Crippen LogP contribution in [-0.2, 0) is 19.1 Å². The third kappa shape index (κ3) is 14.5. The monoisotopic (exact) mass is 639 g/mol. The molecular weight excluding hydrogens is 581 g/mol. The molecule has 2 aromatic heterocycles. The molecule has 0 unspecified atom stereocenters. The molecule has 0 aromatic carbocycles. The number of halogens is 1. The summed E-state index contributed by atoms with van der Waals surface area (Å²) in [6, 6.07) is 3.22. The first-order valence-corrected chi connectivity index (χ1v) is 17.2. The lowest BCUT2D eigenvalue weighted by Crippen LogP contribution is -2.44. The van der Waals surface area contributed by atoms with Gasteiger partial charge in [-0.15, -0.1) is 11.3 Å². The maximum Gasteiger partial charge on any atom is 0.226 e. The molecule has 0 saturated carbocycles. The van der Waals surface area contributed by atoms with Gasteiger partial charge in [-0.3, -0.25) is 14.4 Å². The van der Waals surface area contributed by atoms with Gasteiger partial charge in [-0.05, 0) is 44.7 Å². The van der Waals surface area contributed by atoms with Crippen LogP contribution in [0, 0.1) is 18.8 Å². The second kappa shape index (κ2) is 23.7. The van der Waals surface area contributed by atoms with Crippen LogP contribution in [0.25, 0.3) is 11.5 Å². The van der Waals surface area contributed by atoms with Gasteiger partial charge in [0.05, 0.1) is 37.1 Å². The number of carbonyl (C=O) groups is 3. The fraction of sp³-hybridized carbons (Fsp3) is 0.706. The summed E-state index contributed by atoms with van der Waals surface area (Å²) in [5.41, 5.74) is 0.928. The number of ketones is 1. The van der Waals surface area contributed by atoms with Gasteiger partial charge in [0.1, 0.15) is 11.9 Å². The fourth-order valence-corrected chi connectivity index (χ4v) is 5.64. The molecule has 4 rings (SSSR count). The molecule has 0 bridgehead atoms. The summed E-state index contributed by atoms with van der Waals surface area (Å²) in [5, 5.41) is 3.06. The highest BCUT2D eigenvalue weighted by Crippen LogP contribution is 2.29. The Morgan fingerprint density at radius 2 is 1.66 bits per heavy atom. The molecule has 0 aliphatic carbocycles. The third-order valence-electron chi connectivity index (χ3n) is 7.27. The lowest BCUT2D eigenvalue weighted by Gasteiger charge is -2.30. The van der Waals surface area contributed by atoms with Crippen molar-refractivity contribution in [3.63, 3.8) is 0 Å². The zero-order chi connectivity index (χ0) is 33.7. The van der Waals surface area contributed by atoms with Crippen molar-refractivity contribution in [2.45, 2.75) is 114 Å². The van der Waals surface area contributed by atoms with E-state index in [4.69, 9.17) is 9.15 Å². The van der Waals surface area contributed by atoms with E-state index in [2.05, 4.69) is 18.8 Å². The minimum atomic E-state index is -1.06. The molecule has 2 fully saturated rings. The van der Waals surface area contributed by atoms with Gasteiger partial charge in [-0.25, -0.2) is 9.37 Å². The number of ether oxygens (including phenoxy) is 1. The normalized spacial score (nSPS) is 17.9. The number of Topliss-reactive ketones (excluding diaryl/α,β-unsaturated/α-hetero) is 1. The highest BCUT2D eigenvalue weighted by molar-refractivity contribution is 7.09. The van der Waals surface area contributed by atoms with Gasteiger partial charge in [0.2, 0.25) is 11.8 Å².